The molecule has 0 bridgehead atoms. The van der Waals surface area contributed by atoms with Crippen molar-refractivity contribution in [1.82, 2.24) is 5.32 Å². The highest BCUT2D eigenvalue weighted by Gasteiger charge is 2.41. The zero-order valence-electron chi connectivity index (χ0n) is 11.9. The van der Waals surface area contributed by atoms with E-state index in [2.05, 4.69) is 5.32 Å². The van der Waals surface area contributed by atoms with Crippen LogP contribution in [0, 0.1) is 0 Å². The summed E-state index contributed by atoms with van der Waals surface area (Å²) in [6.07, 6.45) is 0.547. The molecular formula is C15H19NO5. The Morgan fingerprint density at radius 1 is 1.29 bits per heavy atom. The van der Waals surface area contributed by atoms with Crippen LogP contribution in [0.3, 0.4) is 0 Å². The predicted octanol–water partition coefficient (Wildman–Crippen LogP) is 1.20. The molecule has 1 aliphatic heterocycles. The van der Waals surface area contributed by atoms with Crippen LogP contribution in [0.1, 0.15) is 28.8 Å². The third-order valence-electron chi connectivity index (χ3n) is 3.64. The maximum absolute atomic E-state index is 12.2. The Morgan fingerprint density at radius 3 is 2.43 bits per heavy atom. The average Bonchev–Trinajstić information content (AvgIpc) is 2.49. The van der Waals surface area contributed by atoms with Gasteiger partial charge in [-0.05, 0) is 17.7 Å². The van der Waals surface area contributed by atoms with E-state index in [-0.39, 0.29) is 18.7 Å². The van der Waals surface area contributed by atoms with Gasteiger partial charge in [-0.25, -0.2) is 4.79 Å². The normalized spacial score (nSPS) is 17.2. The molecule has 2 N–H and O–H groups in total. The van der Waals surface area contributed by atoms with Gasteiger partial charge in [0.1, 0.15) is 5.54 Å². The van der Waals surface area contributed by atoms with E-state index in [0.29, 0.717) is 25.4 Å². The molecule has 114 valence electrons. The number of rotatable bonds is 5. The average molecular weight is 293 g/mol. The lowest BCUT2D eigenvalue weighted by Gasteiger charge is -2.33. The quantitative estimate of drug-likeness (QED) is 0.852. The number of ether oxygens (including phenoxy) is 2. The van der Waals surface area contributed by atoms with E-state index >= 15 is 0 Å². The number of nitrogens with one attached hydrogen (secondary N) is 1. The Morgan fingerprint density at radius 2 is 1.90 bits per heavy atom. The summed E-state index contributed by atoms with van der Waals surface area (Å²) in [5, 5.41) is 12.1. The molecule has 0 atom stereocenters. The van der Waals surface area contributed by atoms with Crippen molar-refractivity contribution in [2.75, 3.05) is 20.3 Å². The van der Waals surface area contributed by atoms with Crippen LogP contribution in [0.5, 0.6) is 0 Å². The smallest absolute Gasteiger partial charge is 0.329 e. The fraction of sp³-hybridized carbons (Fsp3) is 0.467. The minimum Gasteiger partial charge on any atom is -0.480 e. The molecule has 6 heteroatoms. The lowest BCUT2D eigenvalue weighted by molar-refractivity contribution is -0.148. The van der Waals surface area contributed by atoms with Crippen LogP contribution in [0.15, 0.2) is 24.3 Å². The number of hydrogen-bond acceptors (Lipinski definition) is 4. The molecule has 6 nitrogen and oxygen atoms in total. The highest BCUT2D eigenvalue weighted by Crippen LogP contribution is 2.22. The van der Waals surface area contributed by atoms with Gasteiger partial charge in [0, 0.05) is 38.7 Å². The van der Waals surface area contributed by atoms with Gasteiger partial charge in [0.2, 0.25) is 0 Å². The first kappa shape index (κ1) is 15.5. The van der Waals surface area contributed by atoms with Crippen molar-refractivity contribution < 1.29 is 24.2 Å². The Hall–Kier alpha value is -1.92. The summed E-state index contributed by atoms with van der Waals surface area (Å²) in [5.74, 6) is -1.40. The standard InChI is InChI=1S/C15H19NO5/c1-20-10-11-2-4-12(5-3-11)13(17)16-15(14(18)19)6-8-21-9-7-15/h2-5H,6-10H2,1H3,(H,16,17)(H,18,19). The SMILES string of the molecule is COCc1ccc(C(=O)NC2(C(=O)O)CCOCC2)cc1. The van der Waals surface area contributed by atoms with E-state index in [1.165, 1.54) is 0 Å². The minimum atomic E-state index is -1.24. The van der Waals surface area contributed by atoms with Gasteiger partial charge in [-0.15, -0.1) is 0 Å². The number of carboxylic acids is 1. The molecule has 0 saturated carbocycles. The van der Waals surface area contributed by atoms with Crippen molar-refractivity contribution in [3.05, 3.63) is 35.4 Å². The van der Waals surface area contributed by atoms with E-state index < -0.39 is 11.5 Å². The maximum atomic E-state index is 12.2. The van der Waals surface area contributed by atoms with Crippen molar-refractivity contribution in [2.24, 2.45) is 0 Å². The molecule has 21 heavy (non-hydrogen) atoms. The zero-order chi connectivity index (χ0) is 15.3. The van der Waals surface area contributed by atoms with Crippen LogP contribution in [0.25, 0.3) is 0 Å². The van der Waals surface area contributed by atoms with Crippen LogP contribution in [0.4, 0.5) is 0 Å². The molecule has 0 radical (unpaired) electrons. The topological polar surface area (TPSA) is 84.9 Å². The summed E-state index contributed by atoms with van der Waals surface area (Å²) in [4.78, 5) is 23.7. The Balaban J connectivity index is 2.10. The number of aliphatic carboxylic acids is 1. The van der Waals surface area contributed by atoms with Gasteiger partial charge >= 0.3 is 5.97 Å². The summed E-state index contributed by atoms with van der Waals surface area (Å²) in [6.45, 7) is 1.14. The fourth-order valence-electron chi connectivity index (χ4n) is 2.32. The predicted molar refractivity (Wildman–Crippen MR) is 75.0 cm³/mol. The fourth-order valence-corrected chi connectivity index (χ4v) is 2.32. The highest BCUT2D eigenvalue weighted by atomic mass is 16.5. The second-order valence-electron chi connectivity index (χ2n) is 5.08. The first-order valence-corrected chi connectivity index (χ1v) is 6.79. The van der Waals surface area contributed by atoms with Crippen molar-refractivity contribution in [3.63, 3.8) is 0 Å². The van der Waals surface area contributed by atoms with Crippen LogP contribution >= 0.6 is 0 Å². The van der Waals surface area contributed by atoms with E-state index in [1.54, 1.807) is 31.4 Å². The van der Waals surface area contributed by atoms with Crippen LogP contribution in [0.2, 0.25) is 0 Å². The molecule has 1 aliphatic rings. The molecule has 0 aliphatic carbocycles. The first-order valence-electron chi connectivity index (χ1n) is 6.79. The minimum absolute atomic E-state index is 0.274. The van der Waals surface area contributed by atoms with Gasteiger partial charge in [0.15, 0.2) is 0 Å². The number of benzene rings is 1. The molecule has 1 fully saturated rings. The molecule has 1 aromatic carbocycles. The van der Waals surface area contributed by atoms with E-state index in [4.69, 9.17) is 9.47 Å². The zero-order valence-corrected chi connectivity index (χ0v) is 11.9. The molecule has 1 amide bonds. The Bertz CT molecular complexity index is 505. The Kier molecular flexibility index (Phi) is 4.93. The van der Waals surface area contributed by atoms with Gasteiger partial charge < -0.3 is 19.9 Å². The summed E-state index contributed by atoms with van der Waals surface area (Å²) < 4.78 is 10.2. The van der Waals surface area contributed by atoms with Crippen molar-refractivity contribution in [3.8, 4) is 0 Å². The molecule has 1 saturated heterocycles. The van der Waals surface area contributed by atoms with Gasteiger partial charge in [-0.3, -0.25) is 4.79 Å². The molecule has 0 spiro atoms. The lowest BCUT2D eigenvalue weighted by Crippen LogP contribution is -2.57. The van der Waals surface area contributed by atoms with Crippen LogP contribution < -0.4 is 5.32 Å². The van der Waals surface area contributed by atoms with Crippen molar-refractivity contribution >= 4 is 11.9 Å². The first-order chi connectivity index (χ1) is 10.1. The van der Waals surface area contributed by atoms with Gasteiger partial charge in [0.25, 0.3) is 5.91 Å². The molecule has 1 aromatic rings. The lowest BCUT2D eigenvalue weighted by atomic mass is 9.89. The molecule has 0 unspecified atom stereocenters. The molecule has 1 heterocycles. The molecule has 2 rings (SSSR count). The largest absolute Gasteiger partial charge is 0.480 e. The third-order valence-corrected chi connectivity index (χ3v) is 3.64. The summed E-state index contributed by atoms with van der Waals surface area (Å²) >= 11 is 0. The van der Waals surface area contributed by atoms with Crippen molar-refractivity contribution in [2.45, 2.75) is 25.0 Å². The third kappa shape index (κ3) is 3.59. The maximum Gasteiger partial charge on any atom is 0.329 e. The van der Waals surface area contributed by atoms with Crippen LogP contribution in [-0.4, -0.2) is 42.8 Å². The summed E-state index contributed by atoms with van der Waals surface area (Å²) in [7, 11) is 1.60. The number of carboxylic acid groups (broad SMARTS) is 1. The molecule has 0 aromatic heterocycles. The summed E-state index contributed by atoms with van der Waals surface area (Å²) in [6, 6.07) is 6.91. The van der Waals surface area contributed by atoms with Gasteiger partial charge in [-0.1, -0.05) is 12.1 Å². The van der Waals surface area contributed by atoms with Gasteiger partial charge in [-0.2, -0.15) is 0 Å². The van der Waals surface area contributed by atoms with E-state index in [0.717, 1.165) is 5.56 Å². The number of hydrogen-bond donors (Lipinski definition) is 2. The monoisotopic (exact) mass is 293 g/mol. The number of methoxy groups -OCH3 is 1. The second kappa shape index (κ2) is 6.69. The van der Waals surface area contributed by atoms with Gasteiger partial charge in [0.05, 0.1) is 6.61 Å². The molecular weight excluding hydrogens is 274 g/mol. The summed E-state index contributed by atoms with van der Waals surface area (Å²) in [5.41, 5.74) is 0.149. The van der Waals surface area contributed by atoms with Crippen LogP contribution in [-0.2, 0) is 20.9 Å². The highest BCUT2D eigenvalue weighted by molar-refractivity contribution is 5.97. The number of amides is 1. The number of carbonyl (C=O) groups is 2. The van der Waals surface area contributed by atoms with Crippen molar-refractivity contribution in [1.29, 1.82) is 0 Å². The number of carbonyl (C=O) groups excluding carboxylic acids is 1. The van der Waals surface area contributed by atoms with E-state index in [9.17, 15) is 14.7 Å². The Labute approximate surface area is 123 Å². The second-order valence-corrected chi connectivity index (χ2v) is 5.08. The van der Waals surface area contributed by atoms with E-state index in [1.807, 2.05) is 0 Å².